The van der Waals surface area contributed by atoms with Gasteiger partial charge in [-0.15, -0.1) is 0 Å². The minimum atomic E-state index is -4.61. The Kier molecular flexibility index (Phi) is 5.27. The molecule has 0 saturated carbocycles. The van der Waals surface area contributed by atoms with Crippen molar-refractivity contribution in [1.29, 1.82) is 0 Å². The average Bonchev–Trinajstić information content (AvgIpc) is 2.48. The van der Waals surface area contributed by atoms with Crippen LogP contribution in [0.4, 0.5) is 30.6 Å². The van der Waals surface area contributed by atoms with Crippen molar-refractivity contribution in [2.24, 2.45) is 0 Å². The summed E-state index contributed by atoms with van der Waals surface area (Å²) in [5, 5.41) is 14.9. The Morgan fingerprint density at radius 1 is 1.22 bits per heavy atom. The van der Waals surface area contributed by atoms with E-state index in [9.17, 15) is 13.2 Å². The van der Waals surface area contributed by atoms with Crippen LogP contribution in [0.2, 0.25) is 5.02 Å². The number of hydrogen-bond acceptors (Lipinski definition) is 5. The molecule has 1 heterocycles. The van der Waals surface area contributed by atoms with E-state index in [2.05, 4.69) is 20.6 Å². The summed E-state index contributed by atoms with van der Waals surface area (Å²) in [7, 11) is 0. The topological polar surface area (TPSA) is 70.1 Å². The fourth-order valence-corrected chi connectivity index (χ4v) is 1.79. The number of benzene rings is 1. The van der Waals surface area contributed by atoms with Gasteiger partial charge in [-0.1, -0.05) is 11.6 Å². The molecule has 1 aromatic carbocycles. The fourth-order valence-electron chi connectivity index (χ4n) is 1.67. The molecule has 9 heteroatoms. The second-order valence-corrected chi connectivity index (χ2v) is 5.26. The number of anilines is 3. The summed E-state index contributed by atoms with van der Waals surface area (Å²) in [6.45, 7) is 1.33. The van der Waals surface area contributed by atoms with E-state index in [0.717, 1.165) is 6.07 Å². The quantitative estimate of drug-likeness (QED) is 0.770. The SMILES string of the molecule is C[C@@H](CO)Nc1nc(Nc2ccc(Cl)cc2)cc(C(F)(F)F)n1. The van der Waals surface area contributed by atoms with Gasteiger partial charge in [0.05, 0.1) is 6.61 Å². The molecule has 1 aromatic heterocycles. The van der Waals surface area contributed by atoms with Gasteiger partial charge in [0.2, 0.25) is 5.95 Å². The van der Waals surface area contributed by atoms with Crippen LogP contribution in [0.5, 0.6) is 0 Å². The molecule has 0 aliphatic carbocycles. The summed E-state index contributed by atoms with van der Waals surface area (Å²) in [5.41, 5.74) is -0.556. The van der Waals surface area contributed by atoms with Crippen molar-refractivity contribution in [3.8, 4) is 0 Å². The average molecular weight is 347 g/mol. The van der Waals surface area contributed by atoms with Crippen LogP contribution < -0.4 is 10.6 Å². The van der Waals surface area contributed by atoms with Gasteiger partial charge in [0, 0.05) is 22.8 Å². The fraction of sp³-hybridized carbons (Fsp3) is 0.286. The maximum Gasteiger partial charge on any atom is 0.433 e. The van der Waals surface area contributed by atoms with Crippen LogP contribution in [-0.2, 0) is 6.18 Å². The lowest BCUT2D eigenvalue weighted by Crippen LogP contribution is -2.22. The van der Waals surface area contributed by atoms with Crippen molar-refractivity contribution < 1.29 is 18.3 Å². The largest absolute Gasteiger partial charge is 0.433 e. The normalized spacial score (nSPS) is 12.8. The van der Waals surface area contributed by atoms with E-state index in [-0.39, 0.29) is 18.4 Å². The molecule has 0 aliphatic rings. The molecule has 3 N–H and O–H groups in total. The molecule has 2 aromatic rings. The van der Waals surface area contributed by atoms with Crippen LogP contribution in [0.15, 0.2) is 30.3 Å². The molecule has 0 unspecified atom stereocenters. The van der Waals surface area contributed by atoms with E-state index in [0.29, 0.717) is 10.7 Å². The third kappa shape index (κ3) is 4.97. The van der Waals surface area contributed by atoms with Gasteiger partial charge in [0.25, 0.3) is 0 Å². The van der Waals surface area contributed by atoms with Gasteiger partial charge < -0.3 is 15.7 Å². The zero-order valence-corrected chi connectivity index (χ0v) is 12.8. The molecule has 5 nitrogen and oxygen atoms in total. The lowest BCUT2D eigenvalue weighted by Gasteiger charge is -2.15. The Morgan fingerprint density at radius 3 is 2.43 bits per heavy atom. The molecule has 124 valence electrons. The molecule has 0 fully saturated rings. The molecule has 2 rings (SSSR count). The first-order valence-electron chi connectivity index (χ1n) is 6.64. The number of halogens is 4. The summed E-state index contributed by atoms with van der Waals surface area (Å²) in [6.07, 6.45) is -4.61. The van der Waals surface area contributed by atoms with E-state index in [4.69, 9.17) is 16.7 Å². The Balaban J connectivity index is 2.33. The first-order chi connectivity index (χ1) is 10.8. The van der Waals surface area contributed by atoms with Gasteiger partial charge in [-0.25, -0.2) is 4.98 Å². The molecule has 1 atom stereocenters. The first kappa shape index (κ1) is 17.3. The number of aromatic nitrogens is 2. The van der Waals surface area contributed by atoms with Crippen LogP contribution in [0.3, 0.4) is 0 Å². The molecular formula is C14H14ClF3N4O. The van der Waals surface area contributed by atoms with E-state index in [1.807, 2.05) is 0 Å². The molecule has 23 heavy (non-hydrogen) atoms. The van der Waals surface area contributed by atoms with Gasteiger partial charge >= 0.3 is 6.18 Å². The summed E-state index contributed by atoms with van der Waals surface area (Å²) in [5.74, 6) is -0.250. The number of hydrogen-bond donors (Lipinski definition) is 3. The molecular weight excluding hydrogens is 333 g/mol. The van der Waals surface area contributed by atoms with Crippen LogP contribution >= 0.6 is 11.6 Å². The van der Waals surface area contributed by atoms with Crippen LogP contribution in [0.1, 0.15) is 12.6 Å². The van der Waals surface area contributed by atoms with E-state index in [1.165, 1.54) is 0 Å². The monoisotopic (exact) mass is 346 g/mol. The van der Waals surface area contributed by atoms with Crippen molar-refractivity contribution in [2.75, 3.05) is 17.2 Å². The van der Waals surface area contributed by atoms with Crippen molar-refractivity contribution in [2.45, 2.75) is 19.1 Å². The van der Waals surface area contributed by atoms with Crippen LogP contribution in [-0.4, -0.2) is 27.7 Å². The second-order valence-electron chi connectivity index (χ2n) is 4.82. The standard InChI is InChI=1S/C14H14ClF3N4O/c1-8(7-23)19-13-21-11(14(16,17)18)6-12(22-13)20-10-4-2-9(15)3-5-10/h2-6,8,23H,7H2,1H3,(H2,19,20,21,22)/t8-/m0/s1. The van der Waals surface area contributed by atoms with Gasteiger partial charge in [-0.3, -0.25) is 0 Å². The highest BCUT2D eigenvalue weighted by atomic mass is 35.5. The third-order valence-corrected chi connectivity index (χ3v) is 3.03. The zero-order valence-electron chi connectivity index (χ0n) is 12.0. The number of nitrogens with one attached hydrogen (secondary N) is 2. The van der Waals surface area contributed by atoms with Crippen LogP contribution in [0.25, 0.3) is 0 Å². The predicted molar refractivity (Wildman–Crippen MR) is 81.9 cm³/mol. The minimum absolute atomic E-state index is 0.0257. The molecule has 0 spiro atoms. The Bertz CT molecular complexity index is 664. The summed E-state index contributed by atoms with van der Waals surface area (Å²) in [6, 6.07) is 6.75. The van der Waals surface area contributed by atoms with Crippen LogP contribution in [0, 0.1) is 0 Å². The summed E-state index contributed by atoms with van der Waals surface area (Å²) in [4.78, 5) is 7.40. The maximum absolute atomic E-state index is 12.9. The Morgan fingerprint density at radius 2 is 1.87 bits per heavy atom. The van der Waals surface area contributed by atoms with Gasteiger partial charge in [0.15, 0.2) is 5.69 Å². The first-order valence-corrected chi connectivity index (χ1v) is 7.02. The lowest BCUT2D eigenvalue weighted by molar-refractivity contribution is -0.141. The molecule has 0 saturated heterocycles. The van der Waals surface area contributed by atoms with Crippen molar-refractivity contribution in [1.82, 2.24) is 9.97 Å². The molecule has 0 aliphatic heterocycles. The molecule has 0 bridgehead atoms. The third-order valence-electron chi connectivity index (χ3n) is 2.78. The highest BCUT2D eigenvalue weighted by Gasteiger charge is 2.33. The van der Waals surface area contributed by atoms with Gasteiger partial charge in [-0.2, -0.15) is 18.2 Å². The number of alkyl halides is 3. The lowest BCUT2D eigenvalue weighted by atomic mass is 10.3. The number of aliphatic hydroxyl groups excluding tert-OH is 1. The van der Waals surface area contributed by atoms with Crippen molar-refractivity contribution in [3.63, 3.8) is 0 Å². The van der Waals surface area contributed by atoms with E-state index in [1.54, 1.807) is 31.2 Å². The summed E-state index contributed by atoms with van der Waals surface area (Å²) < 4.78 is 38.8. The molecule has 0 amide bonds. The zero-order chi connectivity index (χ0) is 17.0. The Labute approximate surface area is 135 Å². The number of aliphatic hydroxyl groups is 1. The molecule has 0 radical (unpaired) electrons. The highest BCUT2D eigenvalue weighted by Crippen LogP contribution is 2.30. The predicted octanol–water partition coefficient (Wildman–Crippen LogP) is 3.69. The number of nitrogens with zero attached hydrogens (tertiary/aromatic N) is 2. The number of rotatable bonds is 5. The van der Waals surface area contributed by atoms with Crippen molar-refractivity contribution >= 4 is 29.1 Å². The Hall–Kier alpha value is -2.06. The smallest absolute Gasteiger partial charge is 0.394 e. The van der Waals surface area contributed by atoms with Gasteiger partial charge in [-0.05, 0) is 31.2 Å². The van der Waals surface area contributed by atoms with Gasteiger partial charge in [0.1, 0.15) is 5.82 Å². The highest BCUT2D eigenvalue weighted by molar-refractivity contribution is 6.30. The summed E-state index contributed by atoms with van der Waals surface area (Å²) >= 11 is 5.76. The minimum Gasteiger partial charge on any atom is -0.394 e. The van der Waals surface area contributed by atoms with Crippen molar-refractivity contribution in [3.05, 3.63) is 41.0 Å². The second kappa shape index (κ2) is 7.01. The van der Waals surface area contributed by atoms with E-state index < -0.39 is 17.9 Å². The maximum atomic E-state index is 12.9. The van der Waals surface area contributed by atoms with E-state index >= 15 is 0 Å².